The molecule has 0 radical (unpaired) electrons. The minimum atomic E-state index is 0.0807. The molecule has 2 unspecified atom stereocenters. The Morgan fingerprint density at radius 2 is 2.00 bits per heavy atom. The first-order chi connectivity index (χ1) is 8.65. The molecule has 1 saturated carbocycles. The zero-order valence-electron chi connectivity index (χ0n) is 11.5. The number of ether oxygens (including phenoxy) is 1. The van der Waals surface area contributed by atoms with E-state index in [-0.39, 0.29) is 5.78 Å². The van der Waals surface area contributed by atoms with Gasteiger partial charge in [0.05, 0.1) is 12.7 Å². The Balaban J connectivity index is 2.43. The second-order valence-corrected chi connectivity index (χ2v) is 5.35. The van der Waals surface area contributed by atoms with Gasteiger partial charge in [0.15, 0.2) is 5.78 Å². The molecule has 2 heteroatoms. The van der Waals surface area contributed by atoms with Crippen LogP contribution in [0.1, 0.15) is 61.4 Å². The Kier molecular flexibility index (Phi) is 4.05. The lowest BCUT2D eigenvalue weighted by atomic mass is 9.76. The first-order valence-electron chi connectivity index (χ1n) is 6.83. The van der Waals surface area contributed by atoms with Gasteiger partial charge in [-0.1, -0.05) is 38.3 Å². The van der Waals surface area contributed by atoms with Crippen LogP contribution in [0.2, 0.25) is 0 Å². The van der Waals surface area contributed by atoms with Gasteiger partial charge in [-0.2, -0.15) is 0 Å². The third-order valence-corrected chi connectivity index (χ3v) is 4.14. The molecular weight excluding hydrogens is 224 g/mol. The number of carbonyl (C=O) groups is 1. The van der Waals surface area contributed by atoms with Crippen molar-refractivity contribution in [2.75, 3.05) is 7.11 Å². The average Bonchev–Trinajstić information content (AvgIpc) is 2.38. The number of rotatable bonds is 3. The van der Waals surface area contributed by atoms with Gasteiger partial charge in [-0.25, -0.2) is 0 Å². The second-order valence-electron chi connectivity index (χ2n) is 5.35. The molecule has 0 spiro atoms. The van der Waals surface area contributed by atoms with Crippen molar-refractivity contribution in [3.05, 3.63) is 29.3 Å². The van der Waals surface area contributed by atoms with Crippen molar-refractivity contribution < 1.29 is 9.53 Å². The van der Waals surface area contributed by atoms with E-state index >= 15 is 0 Å². The summed E-state index contributed by atoms with van der Waals surface area (Å²) in [5.41, 5.74) is 1.94. The van der Waals surface area contributed by atoms with E-state index in [2.05, 4.69) is 13.0 Å². The topological polar surface area (TPSA) is 26.3 Å². The van der Waals surface area contributed by atoms with Crippen LogP contribution in [0.25, 0.3) is 0 Å². The highest BCUT2D eigenvalue weighted by atomic mass is 16.5. The van der Waals surface area contributed by atoms with Crippen LogP contribution in [-0.2, 0) is 0 Å². The first kappa shape index (κ1) is 13.1. The summed E-state index contributed by atoms with van der Waals surface area (Å²) in [7, 11) is 1.67. The summed E-state index contributed by atoms with van der Waals surface area (Å²) in [6.07, 6.45) is 5.09. The maximum Gasteiger partial charge on any atom is 0.163 e. The molecule has 98 valence electrons. The predicted molar refractivity (Wildman–Crippen MR) is 73.4 cm³/mol. The van der Waals surface area contributed by atoms with E-state index in [0.717, 1.165) is 5.75 Å². The molecule has 2 rings (SSSR count). The third-order valence-electron chi connectivity index (χ3n) is 4.14. The molecule has 0 bridgehead atoms. The van der Waals surface area contributed by atoms with Gasteiger partial charge in [0.1, 0.15) is 5.75 Å². The number of hydrogen-bond acceptors (Lipinski definition) is 2. The fourth-order valence-corrected chi connectivity index (χ4v) is 3.13. The van der Waals surface area contributed by atoms with Crippen LogP contribution < -0.4 is 4.74 Å². The summed E-state index contributed by atoms with van der Waals surface area (Å²) in [6.45, 7) is 3.91. The number of ketones is 1. The van der Waals surface area contributed by atoms with Crippen molar-refractivity contribution in [2.45, 2.75) is 45.4 Å². The van der Waals surface area contributed by atoms with Crippen molar-refractivity contribution in [1.82, 2.24) is 0 Å². The fraction of sp³-hybridized carbons (Fsp3) is 0.562. The summed E-state index contributed by atoms with van der Waals surface area (Å²) in [6, 6.07) is 5.96. The lowest BCUT2D eigenvalue weighted by Gasteiger charge is -2.30. The average molecular weight is 246 g/mol. The number of Topliss-reactive ketones (excluding diaryl/α,β-unsaturated/α-hetero) is 1. The SMILES string of the molecule is COc1c(C(C)=O)cccc1C1CCCCC1C. The summed E-state index contributed by atoms with van der Waals surface area (Å²) in [4.78, 5) is 11.7. The molecular formula is C16H22O2. The van der Waals surface area contributed by atoms with Crippen LogP contribution in [0.15, 0.2) is 18.2 Å². The normalized spacial score (nSPS) is 23.7. The minimum Gasteiger partial charge on any atom is -0.496 e. The van der Waals surface area contributed by atoms with Gasteiger partial charge >= 0.3 is 0 Å². The highest BCUT2D eigenvalue weighted by Gasteiger charge is 2.26. The third kappa shape index (κ3) is 2.43. The predicted octanol–water partition coefficient (Wildman–Crippen LogP) is 4.19. The molecule has 1 aliphatic rings. The van der Waals surface area contributed by atoms with Gasteiger partial charge in [0, 0.05) is 0 Å². The molecule has 0 aliphatic heterocycles. The van der Waals surface area contributed by atoms with Crippen molar-refractivity contribution >= 4 is 5.78 Å². The van der Waals surface area contributed by atoms with Crippen molar-refractivity contribution in [2.24, 2.45) is 5.92 Å². The maximum atomic E-state index is 11.7. The van der Waals surface area contributed by atoms with Crippen LogP contribution in [-0.4, -0.2) is 12.9 Å². The Labute approximate surface area is 109 Å². The van der Waals surface area contributed by atoms with Crippen LogP contribution in [0, 0.1) is 5.92 Å². The number of methoxy groups -OCH3 is 1. The Bertz CT molecular complexity index is 437. The smallest absolute Gasteiger partial charge is 0.163 e. The van der Waals surface area contributed by atoms with Crippen molar-refractivity contribution in [3.8, 4) is 5.75 Å². The van der Waals surface area contributed by atoms with Crippen LogP contribution >= 0.6 is 0 Å². The largest absolute Gasteiger partial charge is 0.496 e. The number of hydrogen-bond donors (Lipinski definition) is 0. The number of carbonyl (C=O) groups excluding carboxylic acids is 1. The maximum absolute atomic E-state index is 11.7. The summed E-state index contributed by atoms with van der Waals surface area (Å²) in [5.74, 6) is 2.09. The molecule has 2 nitrogen and oxygen atoms in total. The van der Waals surface area contributed by atoms with E-state index in [4.69, 9.17) is 4.74 Å². The Morgan fingerprint density at radius 1 is 1.28 bits per heavy atom. The van der Waals surface area contributed by atoms with E-state index in [1.807, 2.05) is 12.1 Å². The molecule has 1 aromatic carbocycles. The molecule has 2 atom stereocenters. The minimum absolute atomic E-state index is 0.0807. The standard InChI is InChI=1S/C16H22O2/c1-11-7-4-5-8-13(11)15-10-6-9-14(12(2)17)16(15)18-3/h6,9-11,13H,4-5,7-8H2,1-3H3. The number of benzene rings is 1. The van der Waals surface area contributed by atoms with Crippen LogP contribution in [0.4, 0.5) is 0 Å². The zero-order chi connectivity index (χ0) is 13.1. The van der Waals surface area contributed by atoms with Crippen molar-refractivity contribution in [3.63, 3.8) is 0 Å². The summed E-state index contributed by atoms with van der Waals surface area (Å²) in [5, 5.41) is 0. The van der Waals surface area contributed by atoms with E-state index in [9.17, 15) is 4.79 Å². The molecule has 0 saturated heterocycles. The van der Waals surface area contributed by atoms with Gasteiger partial charge in [-0.15, -0.1) is 0 Å². The van der Waals surface area contributed by atoms with E-state index in [1.54, 1.807) is 14.0 Å². The Morgan fingerprint density at radius 3 is 2.61 bits per heavy atom. The van der Waals surface area contributed by atoms with E-state index in [1.165, 1.54) is 31.2 Å². The van der Waals surface area contributed by atoms with Gasteiger partial charge in [-0.3, -0.25) is 4.79 Å². The summed E-state index contributed by atoms with van der Waals surface area (Å²) < 4.78 is 5.52. The van der Waals surface area contributed by atoms with E-state index in [0.29, 0.717) is 17.4 Å². The zero-order valence-corrected chi connectivity index (χ0v) is 11.5. The van der Waals surface area contributed by atoms with Crippen LogP contribution in [0.3, 0.4) is 0 Å². The first-order valence-corrected chi connectivity index (χ1v) is 6.83. The second kappa shape index (κ2) is 5.55. The van der Waals surface area contributed by atoms with E-state index < -0.39 is 0 Å². The van der Waals surface area contributed by atoms with Crippen molar-refractivity contribution in [1.29, 1.82) is 0 Å². The molecule has 0 amide bonds. The molecule has 0 aromatic heterocycles. The molecule has 0 N–H and O–H groups in total. The quantitative estimate of drug-likeness (QED) is 0.747. The van der Waals surface area contributed by atoms with Gasteiger partial charge < -0.3 is 4.74 Å². The number of para-hydroxylation sites is 1. The molecule has 1 fully saturated rings. The molecule has 1 aromatic rings. The molecule has 1 aliphatic carbocycles. The Hall–Kier alpha value is -1.31. The lowest BCUT2D eigenvalue weighted by molar-refractivity contribution is 0.101. The highest BCUT2D eigenvalue weighted by Crippen LogP contribution is 2.42. The van der Waals surface area contributed by atoms with Gasteiger partial charge in [-0.05, 0) is 36.8 Å². The van der Waals surface area contributed by atoms with Gasteiger partial charge in [0.25, 0.3) is 0 Å². The van der Waals surface area contributed by atoms with Gasteiger partial charge in [0.2, 0.25) is 0 Å². The monoisotopic (exact) mass is 246 g/mol. The van der Waals surface area contributed by atoms with Crippen LogP contribution in [0.5, 0.6) is 5.75 Å². The molecule has 18 heavy (non-hydrogen) atoms. The fourth-order valence-electron chi connectivity index (χ4n) is 3.13. The lowest BCUT2D eigenvalue weighted by Crippen LogP contribution is -2.16. The molecule has 0 heterocycles. The summed E-state index contributed by atoms with van der Waals surface area (Å²) >= 11 is 0. The highest BCUT2D eigenvalue weighted by molar-refractivity contribution is 5.97.